The first-order valence-electron chi connectivity index (χ1n) is 9.48. The second kappa shape index (κ2) is 8.17. The highest BCUT2D eigenvalue weighted by molar-refractivity contribution is 7.99. The van der Waals surface area contributed by atoms with Crippen LogP contribution in [0.3, 0.4) is 0 Å². The maximum absolute atomic E-state index is 13.1. The van der Waals surface area contributed by atoms with Crippen molar-refractivity contribution in [3.05, 3.63) is 77.7 Å². The van der Waals surface area contributed by atoms with Crippen molar-refractivity contribution >= 4 is 35.0 Å². The average molecular weight is 407 g/mol. The van der Waals surface area contributed by atoms with Crippen molar-refractivity contribution in [2.24, 2.45) is 0 Å². The quantitative estimate of drug-likeness (QED) is 0.654. The molecule has 6 heteroatoms. The summed E-state index contributed by atoms with van der Waals surface area (Å²) < 4.78 is 5.54. The van der Waals surface area contributed by atoms with Gasteiger partial charge in [0.05, 0.1) is 17.2 Å². The number of carbonyl (C=O) groups excluding carboxylic acids is 2. The van der Waals surface area contributed by atoms with Crippen LogP contribution in [0.2, 0.25) is 0 Å². The summed E-state index contributed by atoms with van der Waals surface area (Å²) in [5.41, 5.74) is 3.65. The number of amides is 2. The van der Waals surface area contributed by atoms with E-state index in [2.05, 4.69) is 5.32 Å². The van der Waals surface area contributed by atoms with Gasteiger partial charge in [-0.1, -0.05) is 29.8 Å². The molecule has 0 radical (unpaired) electrons. The topological polar surface area (TPSA) is 62.6 Å². The number of anilines is 2. The summed E-state index contributed by atoms with van der Waals surface area (Å²) in [7, 11) is 0. The SMILES string of the molecule is Cc1ccc(NC(=O)CN2C(=O)C[C@H](c3ccco3)Sc3ccccc32)c(C)c1. The molecule has 0 bridgehead atoms. The first kappa shape index (κ1) is 19.3. The van der Waals surface area contributed by atoms with Crippen LogP contribution < -0.4 is 10.2 Å². The molecule has 0 aliphatic carbocycles. The zero-order chi connectivity index (χ0) is 20.4. The summed E-state index contributed by atoms with van der Waals surface area (Å²) in [4.78, 5) is 28.4. The van der Waals surface area contributed by atoms with Crippen LogP contribution in [0.15, 0.2) is 70.2 Å². The van der Waals surface area contributed by atoms with Gasteiger partial charge < -0.3 is 14.6 Å². The molecular weight excluding hydrogens is 384 g/mol. The summed E-state index contributed by atoms with van der Waals surface area (Å²) in [6.45, 7) is 3.94. The van der Waals surface area contributed by atoms with Crippen LogP contribution in [0.5, 0.6) is 0 Å². The van der Waals surface area contributed by atoms with E-state index in [1.165, 1.54) is 0 Å². The molecule has 0 unspecified atom stereocenters. The lowest BCUT2D eigenvalue weighted by Crippen LogP contribution is -2.38. The lowest BCUT2D eigenvalue weighted by atomic mass is 10.1. The van der Waals surface area contributed by atoms with E-state index in [0.29, 0.717) is 0 Å². The number of benzene rings is 2. The third-order valence-corrected chi connectivity index (χ3v) is 6.19. The maximum Gasteiger partial charge on any atom is 0.244 e. The average Bonchev–Trinajstić information content (AvgIpc) is 3.19. The number of hydrogen-bond donors (Lipinski definition) is 1. The minimum Gasteiger partial charge on any atom is -0.468 e. The smallest absolute Gasteiger partial charge is 0.244 e. The van der Waals surface area contributed by atoms with E-state index < -0.39 is 0 Å². The highest BCUT2D eigenvalue weighted by Gasteiger charge is 2.31. The molecular formula is C23H22N2O3S. The van der Waals surface area contributed by atoms with Crippen LogP contribution in [0.4, 0.5) is 11.4 Å². The normalized spacial score (nSPS) is 16.3. The number of furan rings is 1. The van der Waals surface area contributed by atoms with Gasteiger partial charge in [-0.05, 0) is 49.7 Å². The van der Waals surface area contributed by atoms with Crippen LogP contribution in [0.1, 0.15) is 28.6 Å². The monoisotopic (exact) mass is 406 g/mol. The van der Waals surface area contributed by atoms with Gasteiger partial charge in [0, 0.05) is 17.0 Å². The Morgan fingerprint density at radius 1 is 1.17 bits per heavy atom. The number of hydrogen-bond acceptors (Lipinski definition) is 4. The second-order valence-electron chi connectivity index (χ2n) is 7.14. The predicted molar refractivity (Wildman–Crippen MR) is 115 cm³/mol. The van der Waals surface area contributed by atoms with E-state index in [9.17, 15) is 9.59 Å². The molecule has 0 spiro atoms. The van der Waals surface area contributed by atoms with Gasteiger partial charge in [0.2, 0.25) is 11.8 Å². The zero-order valence-electron chi connectivity index (χ0n) is 16.3. The fourth-order valence-corrected chi connectivity index (χ4v) is 4.71. The summed E-state index contributed by atoms with van der Waals surface area (Å²) in [6, 6.07) is 17.3. The molecule has 2 heterocycles. The fraction of sp³-hybridized carbons (Fsp3) is 0.217. The molecule has 1 aliphatic heterocycles. The van der Waals surface area contributed by atoms with Gasteiger partial charge in [0.25, 0.3) is 0 Å². The largest absolute Gasteiger partial charge is 0.468 e. The molecule has 1 aromatic heterocycles. The van der Waals surface area contributed by atoms with Crippen molar-refractivity contribution in [3.8, 4) is 0 Å². The molecule has 5 nitrogen and oxygen atoms in total. The first-order valence-corrected chi connectivity index (χ1v) is 10.4. The molecule has 0 saturated heterocycles. The number of nitrogens with zero attached hydrogens (tertiary/aromatic N) is 1. The molecule has 2 aromatic carbocycles. The minimum absolute atomic E-state index is 0.0331. The molecule has 0 saturated carbocycles. The Morgan fingerprint density at radius 3 is 2.76 bits per heavy atom. The number of nitrogens with one attached hydrogen (secondary N) is 1. The molecule has 3 aromatic rings. The lowest BCUT2D eigenvalue weighted by molar-refractivity contribution is -0.121. The van der Waals surface area contributed by atoms with Crippen LogP contribution in [0.25, 0.3) is 0 Å². The van der Waals surface area contributed by atoms with E-state index in [0.717, 1.165) is 33.2 Å². The van der Waals surface area contributed by atoms with Gasteiger partial charge in [-0.15, -0.1) is 11.8 Å². The number of fused-ring (bicyclic) bond motifs is 1. The Bertz CT molecular complexity index is 1050. The van der Waals surface area contributed by atoms with Crippen molar-refractivity contribution in [1.29, 1.82) is 0 Å². The van der Waals surface area contributed by atoms with Gasteiger partial charge in [0.15, 0.2) is 0 Å². The maximum atomic E-state index is 13.1. The van der Waals surface area contributed by atoms with Gasteiger partial charge in [-0.2, -0.15) is 0 Å². The van der Waals surface area contributed by atoms with E-state index in [4.69, 9.17) is 4.42 Å². The van der Waals surface area contributed by atoms with Gasteiger partial charge in [0.1, 0.15) is 12.3 Å². The van der Waals surface area contributed by atoms with E-state index in [-0.39, 0.29) is 30.0 Å². The highest BCUT2D eigenvalue weighted by Crippen LogP contribution is 2.45. The van der Waals surface area contributed by atoms with Crippen molar-refractivity contribution in [3.63, 3.8) is 0 Å². The molecule has 1 atom stereocenters. The highest BCUT2D eigenvalue weighted by atomic mass is 32.2. The number of para-hydroxylation sites is 1. The number of aryl methyl sites for hydroxylation is 2. The molecule has 1 aliphatic rings. The standard InChI is InChI=1S/C23H22N2O3S/c1-15-9-10-17(16(2)12-15)24-22(26)14-25-18-6-3-4-8-20(18)29-21(13-23(25)27)19-7-5-11-28-19/h3-12,21H,13-14H2,1-2H3,(H,24,26)/t21-/m1/s1. The van der Waals surface area contributed by atoms with Crippen LogP contribution in [-0.4, -0.2) is 18.4 Å². The van der Waals surface area contributed by atoms with Crippen molar-refractivity contribution < 1.29 is 14.0 Å². The summed E-state index contributed by atoms with van der Waals surface area (Å²) in [5.74, 6) is 0.445. The van der Waals surface area contributed by atoms with Gasteiger partial charge in [-0.25, -0.2) is 0 Å². The van der Waals surface area contributed by atoms with Crippen LogP contribution >= 0.6 is 11.8 Å². The third-order valence-electron chi connectivity index (χ3n) is 4.90. The molecule has 0 fully saturated rings. The summed E-state index contributed by atoms with van der Waals surface area (Å²) in [6.07, 6.45) is 1.88. The Hall–Kier alpha value is -2.99. The number of thioether (sulfide) groups is 1. The van der Waals surface area contributed by atoms with Gasteiger partial charge >= 0.3 is 0 Å². The Balaban J connectivity index is 1.58. The molecule has 1 N–H and O–H groups in total. The molecule has 2 amide bonds. The van der Waals surface area contributed by atoms with Crippen LogP contribution in [-0.2, 0) is 9.59 Å². The summed E-state index contributed by atoms with van der Waals surface area (Å²) >= 11 is 1.59. The molecule has 4 rings (SSSR count). The van der Waals surface area contributed by atoms with Crippen molar-refractivity contribution in [2.75, 3.05) is 16.8 Å². The molecule has 148 valence electrons. The summed E-state index contributed by atoms with van der Waals surface area (Å²) in [5, 5.41) is 2.82. The van der Waals surface area contributed by atoms with E-state index in [1.54, 1.807) is 22.9 Å². The predicted octanol–water partition coefficient (Wildman–Crippen LogP) is 5.11. The second-order valence-corrected chi connectivity index (χ2v) is 8.38. The Morgan fingerprint density at radius 2 is 2.00 bits per heavy atom. The lowest BCUT2D eigenvalue weighted by Gasteiger charge is -2.22. The zero-order valence-corrected chi connectivity index (χ0v) is 17.2. The van der Waals surface area contributed by atoms with Crippen LogP contribution in [0, 0.1) is 13.8 Å². The van der Waals surface area contributed by atoms with Crippen molar-refractivity contribution in [1.82, 2.24) is 0 Å². The van der Waals surface area contributed by atoms with E-state index >= 15 is 0 Å². The Labute approximate surface area is 174 Å². The number of rotatable bonds is 4. The van der Waals surface area contributed by atoms with E-state index in [1.807, 2.05) is 68.4 Å². The Kier molecular flexibility index (Phi) is 5.45. The molecule has 29 heavy (non-hydrogen) atoms. The number of carbonyl (C=O) groups is 2. The van der Waals surface area contributed by atoms with Gasteiger partial charge in [-0.3, -0.25) is 9.59 Å². The third kappa shape index (κ3) is 4.22. The van der Waals surface area contributed by atoms with Crippen molar-refractivity contribution in [2.45, 2.75) is 30.4 Å². The minimum atomic E-state index is -0.221. The fourth-order valence-electron chi connectivity index (χ4n) is 3.47. The first-order chi connectivity index (χ1) is 14.0.